The lowest BCUT2D eigenvalue weighted by atomic mass is 9.98. The SMILES string of the molecule is CCN=C1N[C@@H]2[C@@H](O)[C@H](O)[C@@H](Cn3cc(COc4cccc(S(=O)O)c4)nn3)O[C@@H]2S1. The van der Waals surface area contributed by atoms with Crippen molar-refractivity contribution >= 4 is 28.0 Å². The summed E-state index contributed by atoms with van der Waals surface area (Å²) in [6, 6.07) is 5.89. The van der Waals surface area contributed by atoms with Gasteiger partial charge in [0.15, 0.2) is 16.2 Å². The molecular weight excluding hydrogens is 446 g/mol. The minimum absolute atomic E-state index is 0.111. The van der Waals surface area contributed by atoms with Crippen LogP contribution in [-0.2, 0) is 29.0 Å². The van der Waals surface area contributed by atoms with Gasteiger partial charge in [0.1, 0.15) is 41.8 Å². The molecule has 2 fully saturated rings. The van der Waals surface area contributed by atoms with Crippen molar-refractivity contribution < 1.29 is 28.4 Å². The Bertz CT molecular complexity index is 972. The molecule has 1 aromatic carbocycles. The topological polar surface area (TPSA) is 151 Å². The van der Waals surface area contributed by atoms with Gasteiger partial charge >= 0.3 is 0 Å². The van der Waals surface area contributed by atoms with Gasteiger partial charge in [0.25, 0.3) is 0 Å². The zero-order valence-electron chi connectivity index (χ0n) is 16.6. The number of aliphatic hydroxyl groups is 2. The fraction of sp³-hybridized carbons (Fsp3) is 0.500. The molecule has 1 aromatic heterocycles. The lowest BCUT2D eigenvalue weighted by Gasteiger charge is -2.38. The Morgan fingerprint density at radius 1 is 1.39 bits per heavy atom. The zero-order chi connectivity index (χ0) is 22.0. The van der Waals surface area contributed by atoms with Crippen LogP contribution in [0.3, 0.4) is 0 Å². The van der Waals surface area contributed by atoms with E-state index in [1.807, 2.05) is 6.92 Å². The summed E-state index contributed by atoms with van der Waals surface area (Å²) in [6.45, 7) is 2.85. The number of nitrogens with one attached hydrogen (secondary N) is 1. The molecule has 168 valence electrons. The number of aromatic nitrogens is 3. The number of ether oxygens (including phenoxy) is 2. The Morgan fingerprint density at radius 3 is 3.00 bits per heavy atom. The third-order valence-electron chi connectivity index (χ3n) is 4.87. The Balaban J connectivity index is 1.36. The van der Waals surface area contributed by atoms with Crippen molar-refractivity contribution in [1.29, 1.82) is 0 Å². The van der Waals surface area contributed by atoms with E-state index in [0.29, 0.717) is 23.2 Å². The van der Waals surface area contributed by atoms with Gasteiger partial charge in [0.2, 0.25) is 0 Å². The van der Waals surface area contributed by atoms with E-state index in [9.17, 15) is 14.4 Å². The summed E-state index contributed by atoms with van der Waals surface area (Å²) in [7, 11) is 0. The van der Waals surface area contributed by atoms with Crippen LogP contribution in [-0.4, -0.2) is 75.5 Å². The van der Waals surface area contributed by atoms with Crippen LogP contribution < -0.4 is 10.1 Å². The molecule has 2 saturated heterocycles. The maximum atomic E-state index is 11.2. The Kier molecular flexibility index (Phi) is 6.89. The predicted octanol–water partition coefficient (Wildman–Crippen LogP) is -0.0347. The van der Waals surface area contributed by atoms with Gasteiger partial charge in [0, 0.05) is 6.54 Å². The second-order valence-electron chi connectivity index (χ2n) is 7.04. The van der Waals surface area contributed by atoms with Crippen molar-refractivity contribution in [3.63, 3.8) is 0 Å². The molecule has 0 bridgehead atoms. The number of thioether (sulfide) groups is 1. The molecule has 6 atom stereocenters. The zero-order valence-corrected chi connectivity index (χ0v) is 18.2. The van der Waals surface area contributed by atoms with Gasteiger partial charge in [-0.15, -0.1) is 5.10 Å². The Morgan fingerprint density at radius 2 is 2.23 bits per heavy atom. The van der Waals surface area contributed by atoms with Crippen LogP contribution in [0, 0.1) is 0 Å². The van der Waals surface area contributed by atoms with Crippen molar-refractivity contribution in [2.75, 3.05) is 6.54 Å². The van der Waals surface area contributed by atoms with E-state index in [-0.39, 0.29) is 23.5 Å². The highest BCUT2D eigenvalue weighted by molar-refractivity contribution is 8.14. The Hall–Kier alpha value is -2.03. The summed E-state index contributed by atoms with van der Waals surface area (Å²) in [6.07, 6.45) is -1.11. The van der Waals surface area contributed by atoms with Gasteiger partial charge in [-0.25, -0.2) is 8.89 Å². The minimum Gasteiger partial charge on any atom is -0.487 e. The predicted molar refractivity (Wildman–Crippen MR) is 113 cm³/mol. The molecule has 0 spiro atoms. The molecule has 0 aliphatic carbocycles. The summed E-state index contributed by atoms with van der Waals surface area (Å²) in [5.41, 5.74) is 0.179. The van der Waals surface area contributed by atoms with Gasteiger partial charge in [-0.2, -0.15) is 0 Å². The normalized spacial score (nSPS) is 30.1. The number of aliphatic hydroxyl groups excluding tert-OH is 2. The molecule has 2 aromatic rings. The van der Waals surface area contributed by atoms with Gasteiger partial charge in [-0.3, -0.25) is 4.99 Å². The lowest BCUT2D eigenvalue weighted by Crippen LogP contribution is -2.59. The molecule has 13 heteroatoms. The van der Waals surface area contributed by atoms with Crippen LogP contribution in [0.4, 0.5) is 0 Å². The van der Waals surface area contributed by atoms with Crippen molar-refractivity contribution in [3.8, 4) is 5.75 Å². The number of fused-ring (bicyclic) bond motifs is 1. The third-order valence-corrected chi connectivity index (χ3v) is 6.63. The fourth-order valence-electron chi connectivity index (χ4n) is 3.36. The average Bonchev–Trinajstić information content (AvgIpc) is 3.37. The first-order valence-electron chi connectivity index (χ1n) is 9.66. The van der Waals surface area contributed by atoms with Gasteiger partial charge in [-0.1, -0.05) is 23.0 Å². The molecule has 1 unspecified atom stereocenters. The van der Waals surface area contributed by atoms with Crippen LogP contribution in [0.5, 0.6) is 5.75 Å². The summed E-state index contributed by atoms with van der Waals surface area (Å²) in [4.78, 5) is 4.55. The smallest absolute Gasteiger partial charge is 0.186 e. The fourth-order valence-corrected chi connectivity index (χ4v) is 4.97. The number of hydrogen-bond acceptors (Lipinski definition) is 9. The third kappa shape index (κ3) is 5.07. The molecule has 31 heavy (non-hydrogen) atoms. The van der Waals surface area contributed by atoms with Gasteiger partial charge in [0.05, 0.1) is 23.7 Å². The lowest BCUT2D eigenvalue weighted by molar-refractivity contribution is -0.160. The first-order valence-corrected chi connectivity index (χ1v) is 11.6. The molecule has 0 amide bonds. The second-order valence-corrected chi connectivity index (χ2v) is 9.09. The largest absolute Gasteiger partial charge is 0.487 e. The Labute approximate surface area is 185 Å². The molecule has 0 saturated carbocycles. The van der Waals surface area contributed by atoms with Crippen LogP contribution in [0.1, 0.15) is 12.6 Å². The highest BCUT2D eigenvalue weighted by Gasteiger charge is 2.49. The molecule has 3 heterocycles. The number of nitrogens with zero attached hydrogens (tertiary/aromatic N) is 4. The molecule has 2 aliphatic rings. The van der Waals surface area contributed by atoms with Crippen LogP contribution in [0.25, 0.3) is 0 Å². The summed E-state index contributed by atoms with van der Waals surface area (Å²) in [5.74, 6) is 0.435. The minimum atomic E-state index is -2.08. The highest BCUT2D eigenvalue weighted by Crippen LogP contribution is 2.34. The maximum Gasteiger partial charge on any atom is 0.186 e. The van der Waals surface area contributed by atoms with Crippen molar-refractivity contribution in [2.45, 2.75) is 54.8 Å². The number of amidine groups is 1. The molecule has 4 rings (SSSR count). The molecular formula is C18H23N5O6S2. The molecule has 4 N–H and O–H groups in total. The quantitative estimate of drug-likeness (QED) is 0.407. The highest BCUT2D eigenvalue weighted by atomic mass is 32.2. The standard InChI is InChI=1S/C18H23N5O6S2/c1-2-19-18-20-14-16(25)15(24)13(29-17(14)30-18)8-23-7-10(21-22-23)9-28-11-4-3-5-12(6-11)31(26)27/h3-7,13-17,24-25H,2,8-9H2,1H3,(H,19,20)(H,26,27)/t13-,14-,15-,16-,17-/m1/s1. The van der Waals surface area contributed by atoms with E-state index in [4.69, 9.17) is 14.0 Å². The van der Waals surface area contributed by atoms with E-state index in [0.717, 1.165) is 0 Å². The molecule has 0 radical (unpaired) electrons. The second kappa shape index (κ2) is 9.63. The van der Waals surface area contributed by atoms with Crippen molar-refractivity contribution in [1.82, 2.24) is 20.3 Å². The number of hydrogen-bond donors (Lipinski definition) is 4. The summed E-state index contributed by atoms with van der Waals surface area (Å²) in [5, 5.41) is 32.9. The van der Waals surface area contributed by atoms with Gasteiger partial charge < -0.3 is 29.6 Å². The van der Waals surface area contributed by atoms with E-state index in [2.05, 4.69) is 20.6 Å². The van der Waals surface area contributed by atoms with E-state index in [1.165, 1.54) is 28.6 Å². The first-order chi connectivity index (χ1) is 14.9. The number of rotatable bonds is 7. The van der Waals surface area contributed by atoms with Crippen LogP contribution >= 0.6 is 11.8 Å². The number of benzene rings is 1. The first kappa shape index (κ1) is 22.2. The van der Waals surface area contributed by atoms with E-state index in [1.54, 1.807) is 18.3 Å². The van der Waals surface area contributed by atoms with Crippen LogP contribution in [0.2, 0.25) is 0 Å². The molecule has 11 nitrogen and oxygen atoms in total. The van der Waals surface area contributed by atoms with E-state index < -0.39 is 35.4 Å². The van der Waals surface area contributed by atoms with E-state index >= 15 is 0 Å². The van der Waals surface area contributed by atoms with Crippen LogP contribution in [0.15, 0.2) is 40.4 Å². The van der Waals surface area contributed by atoms with Crippen molar-refractivity contribution in [2.24, 2.45) is 4.99 Å². The maximum absolute atomic E-state index is 11.2. The monoisotopic (exact) mass is 469 g/mol. The van der Waals surface area contributed by atoms with Gasteiger partial charge in [-0.05, 0) is 25.1 Å². The summed E-state index contributed by atoms with van der Waals surface area (Å²) < 4.78 is 33.4. The average molecular weight is 470 g/mol. The molecule has 2 aliphatic heterocycles. The van der Waals surface area contributed by atoms with Crippen molar-refractivity contribution in [3.05, 3.63) is 36.2 Å². The number of aliphatic imine (C=N–C) groups is 1. The summed E-state index contributed by atoms with van der Waals surface area (Å²) >= 11 is -0.689.